The van der Waals surface area contributed by atoms with Crippen LogP contribution in [0.4, 0.5) is 0 Å². The van der Waals surface area contributed by atoms with E-state index in [1.807, 2.05) is 0 Å². The lowest BCUT2D eigenvalue weighted by Gasteiger charge is -2.29. The van der Waals surface area contributed by atoms with Crippen molar-refractivity contribution in [3.63, 3.8) is 0 Å². The van der Waals surface area contributed by atoms with Gasteiger partial charge >= 0.3 is 0 Å². The molecule has 2 saturated carbocycles. The number of hydrogen-bond acceptors (Lipinski definition) is 1. The van der Waals surface area contributed by atoms with E-state index in [4.69, 9.17) is 0 Å². The van der Waals surface area contributed by atoms with E-state index >= 15 is 0 Å². The fraction of sp³-hybridized carbons (Fsp3) is 1.00. The lowest BCUT2D eigenvalue weighted by atomic mass is 9.76. The Morgan fingerprint density at radius 3 is 2.33 bits per heavy atom. The maximum absolute atomic E-state index is 3.89. The van der Waals surface area contributed by atoms with Crippen LogP contribution in [0.25, 0.3) is 0 Å². The number of rotatable bonds is 4. The van der Waals surface area contributed by atoms with Gasteiger partial charge in [0.1, 0.15) is 0 Å². The summed E-state index contributed by atoms with van der Waals surface area (Å²) in [5.41, 5.74) is 1.21. The quantitative estimate of drug-likeness (QED) is 0.710. The van der Waals surface area contributed by atoms with Crippen molar-refractivity contribution in [2.75, 3.05) is 6.54 Å². The second-order valence-corrected chi connectivity index (χ2v) is 8.00. The van der Waals surface area contributed by atoms with E-state index in [9.17, 15) is 0 Å². The van der Waals surface area contributed by atoms with E-state index in [1.165, 1.54) is 57.9 Å². The summed E-state index contributed by atoms with van der Waals surface area (Å²) in [5.74, 6) is 0.936. The van der Waals surface area contributed by atoms with Gasteiger partial charge in [-0.15, -0.1) is 0 Å². The molecule has 2 atom stereocenters. The van der Waals surface area contributed by atoms with Crippen molar-refractivity contribution >= 4 is 0 Å². The van der Waals surface area contributed by atoms with Gasteiger partial charge in [-0.3, -0.25) is 0 Å². The Morgan fingerprint density at radius 2 is 1.78 bits per heavy atom. The molecule has 0 aromatic heterocycles. The van der Waals surface area contributed by atoms with Crippen LogP contribution in [0.15, 0.2) is 0 Å². The lowest BCUT2D eigenvalue weighted by Crippen LogP contribution is -2.33. The van der Waals surface area contributed by atoms with Crippen molar-refractivity contribution in [3.8, 4) is 0 Å². The van der Waals surface area contributed by atoms with Crippen LogP contribution in [0.5, 0.6) is 0 Å². The minimum atomic E-state index is 0.510. The Bertz CT molecular complexity index is 259. The highest BCUT2D eigenvalue weighted by Crippen LogP contribution is 2.48. The molecule has 0 amide bonds. The minimum Gasteiger partial charge on any atom is -0.313 e. The molecular formula is C17H33N. The summed E-state index contributed by atoms with van der Waals surface area (Å²) >= 11 is 0. The van der Waals surface area contributed by atoms with Gasteiger partial charge in [0, 0.05) is 12.6 Å². The van der Waals surface area contributed by atoms with E-state index < -0.39 is 0 Å². The maximum Gasteiger partial charge on any atom is 0.00674 e. The Hall–Kier alpha value is -0.0400. The van der Waals surface area contributed by atoms with Gasteiger partial charge in [0.05, 0.1) is 0 Å². The van der Waals surface area contributed by atoms with Crippen LogP contribution in [0.1, 0.15) is 79.1 Å². The van der Waals surface area contributed by atoms with Crippen molar-refractivity contribution in [2.45, 2.75) is 85.1 Å². The first kappa shape index (κ1) is 14.4. The third-order valence-electron chi connectivity index (χ3n) is 5.67. The summed E-state index contributed by atoms with van der Waals surface area (Å²) in [7, 11) is 0. The van der Waals surface area contributed by atoms with Crippen LogP contribution >= 0.6 is 0 Å². The van der Waals surface area contributed by atoms with Crippen molar-refractivity contribution in [2.24, 2.45) is 16.7 Å². The number of hydrogen-bond donors (Lipinski definition) is 1. The van der Waals surface area contributed by atoms with Crippen molar-refractivity contribution in [1.29, 1.82) is 0 Å². The fourth-order valence-electron chi connectivity index (χ4n) is 3.56. The molecule has 1 N–H and O–H groups in total. The van der Waals surface area contributed by atoms with E-state index in [1.54, 1.807) is 0 Å². The van der Waals surface area contributed by atoms with Crippen LogP contribution in [0.2, 0.25) is 0 Å². The van der Waals surface area contributed by atoms with Gasteiger partial charge in [-0.25, -0.2) is 0 Å². The molecule has 2 rings (SSSR count). The average Bonchev–Trinajstić information content (AvgIpc) is 3.10. The van der Waals surface area contributed by atoms with Crippen LogP contribution in [-0.2, 0) is 0 Å². The summed E-state index contributed by atoms with van der Waals surface area (Å²) < 4.78 is 0. The van der Waals surface area contributed by atoms with E-state index in [-0.39, 0.29) is 0 Å². The first-order chi connectivity index (χ1) is 8.45. The largest absolute Gasteiger partial charge is 0.313 e. The molecule has 106 valence electrons. The first-order valence-electron chi connectivity index (χ1n) is 8.19. The minimum absolute atomic E-state index is 0.510. The maximum atomic E-state index is 3.89. The van der Waals surface area contributed by atoms with Crippen molar-refractivity contribution in [3.05, 3.63) is 0 Å². The molecule has 0 aliphatic heterocycles. The smallest absolute Gasteiger partial charge is 0.00674 e. The molecular weight excluding hydrogens is 218 g/mol. The van der Waals surface area contributed by atoms with Gasteiger partial charge in [-0.2, -0.15) is 0 Å². The Balaban J connectivity index is 1.75. The summed E-state index contributed by atoms with van der Waals surface area (Å²) in [6.07, 6.45) is 11.4. The molecule has 0 bridgehead atoms. The summed E-state index contributed by atoms with van der Waals surface area (Å²) in [4.78, 5) is 0. The van der Waals surface area contributed by atoms with Crippen molar-refractivity contribution < 1.29 is 0 Å². The SMILES string of the molecule is CCC1(CNC2CCCC(C(C)(C)C)CC2)CC1. The zero-order valence-corrected chi connectivity index (χ0v) is 13.0. The van der Waals surface area contributed by atoms with Crippen LogP contribution < -0.4 is 5.32 Å². The highest BCUT2D eigenvalue weighted by Gasteiger charge is 2.40. The highest BCUT2D eigenvalue weighted by molar-refractivity contribution is 4.94. The average molecular weight is 251 g/mol. The van der Waals surface area contributed by atoms with Gasteiger partial charge in [-0.05, 0) is 61.7 Å². The zero-order chi connectivity index (χ0) is 13.2. The highest BCUT2D eigenvalue weighted by atomic mass is 14.9. The second-order valence-electron chi connectivity index (χ2n) is 8.00. The Labute approximate surface area is 114 Å². The molecule has 0 radical (unpaired) electrons. The summed E-state index contributed by atoms with van der Waals surface area (Å²) in [6.45, 7) is 10.9. The molecule has 0 aromatic carbocycles. The van der Waals surface area contributed by atoms with E-state index in [0.29, 0.717) is 10.8 Å². The molecule has 2 fully saturated rings. The van der Waals surface area contributed by atoms with Crippen molar-refractivity contribution in [1.82, 2.24) is 5.32 Å². The topological polar surface area (TPSA) is 12.0 Å². The molecule has 18 heavy (non-hydrogen) atoms. The predicted molar refractivity (Wildman–Crippen MR) is 79.8 cm³/mol. The third-order valence-corrected chi connectivity index (χ3v) is 5.67. The monoisotopic (exact) mass is 251 g/mol. The Kier molecular flexibility index (Phi) is 4.41. The van der Waals surface area contributed by atoms with Crippen LogP contribution in [0.3, 0.4) is 0 Å². The van der Waals surface area contributed by atoms with Gasteiger partial charge in [0.15, 0.2) is 0 Å². The van der Waals surface area contributed by atoms with Gasteiger partial charge in [0.2, 0.25) is 0 Å². The van der Waals surface area contributed by atoms with E-state index in [2.05, 4.69) is 33.0 Å². The third kappa shape index (κ3) is 3.73. The summed E-state index contributed by atoms with van der Waals surface area (Å²) in [6, 6.07) is 0.807. The normalized spacial score (nSPS) is 32.0. The first-order valence-corrected chi connectivity index (χ1v) is 8.19. The molecule has 0 saturated heterocycles. The van der Waals surface area contributed by atoms with Gasteiger partial charge < -0.3 is 5.32 Å². The molecule has 0 heterocycles. The lowest BCUT2D eigenvalue weighted by molar-refractivity contribution is 0.213. The van der Waals surface area contributed by atoms with E-state index in [0.717, 1.165) is 12.0 Å². The number of nitrogens with one attached hydrogen (secondary N) is 1. The molecule has 0 aromatic rings. The molecule has 1 heteroatoms. The molecule has 2 unspecified atom stereocenters. The summed E-state index contributed by atoms with van der Waals surface area (Å²) in [5, 5.41) is 3.89. The molecule has 2 aliphatic carbocycles. The molecule has 1 nitrogen and oxygen atoms in total. The Morgan fingerprint density at radius 1 is 1.06 bits per heavy atom. The van der Waals surface area contributed by atoms with Crippen LogP contribution in [-0.4, -0.2) is 12.6 Å². The fourth-order valence-corrected chi connectivity index (χ4v) is 3.56. The zero-order valence-electron chi connectivity index (χ0n) is 13.0. The predicted octanol–water partition coefficient (Wildman–Crippen LogP) is 4.76. The second kappa shape index (κ2) is 5.53. The standard InChI is InChI=1S/C17H33N/c1-5-17(11-12-17)13-18-15-8-6-7-14(9-10-15)16(2,3)4/h14-15,18H,5-13H2,1-4H3. The van der Waals surface area contributed by atoms with Crippen LogP contribution in [0, 0.1) is 16.7 Å². The van der Waals surface area contributed by atoms with Gasteiger partial charge in [-0.1, -0.05) is 34.1 Å². The molecule has 0 spiro atoms. The molecule has 2 aliphatic rings. The van der Waals surface area contributed by atoms with Gasteiger partial charge in [0.25, 0.3) is 0 Å².